The number of carbonyl (C=O) groups is 2. The molecular weight excluding hydrogens is 500 g/mol. The summed E-state index contributed by atoms with van der Waals surface area (Å²) < 4.78 is 15.8. The van der Waals surface area contributed by atoms with Crippen LogP contribution in [0.1, 0.15) is 59.1 Å². The average Bonchev–Trinajstić information content (AvgIpc) is 3.41. The standard InChI is InChI=1S/C13H9.2C5H10O2.C5H5.2CH3.H2Si.Ti/c1-3-7-12-10(5-1)9-11-6-2-4-8-13(11)12;2*1-5(2,3)4(6)7;1-2-4-5-3-1;;;;/h1-5,7-8H,9H2;2*1-3H3,(H,6,7);1-3H,4H2;2*1H3;1H2;/q;;;;;;;+2/p-2. The molecule has 2 aromatic rings. The Morgan fingerprint density at radius 2 is 1.39 bits per heavy atom. The van der Waals surface area contributed by atoms with Crippen molar-refractivity contribution in [2.45, 2.75) is 64.8 Å². The summed E-state index contributed by atoms with van der Waals surface area (Å²) in [6, 6.07) is 14.5. The molecule has 2 aromatic carbocycles. The minimum absolute atomic E-state index is 0.374. The SMILES string of the molecule is CC(C)(C)C(=O)[O][Ti]([CH3])([CH3])(=[SiH2])([O]C(=O)C(C)(C)C)([C]1=CC=CC1)[c]1cccc2c1Cc1ccccc1-2. The molecule has 0 unspecified atom stereocenters. The molecule has 4 rings (SSSR count). The van der Waals surface area contributed by atoms with E-state index in [9.17, 15) is 9.59 Å². The molecule has 0 amide bonds. The summed E-state index contributed by atoms with van der Waals surface area (Å²) in [7, 11) is 1.64. The molecule has 0 aromatic heterocycles. The fourth-order valence-electron chi connectivity index (χ4n) is 5.80. The first-order valence-electron chi connectivity index (χ1n) is 12.8. The van der Waals surface area contributed by atoms with Crippen molar-refractivity contribution in [2.24, 2.45) is 10.8 Å². The summed E-state index contributed by atoms with van der Waals surface area (Å²) in [5.41, 5.74) is 2.98. The van der Waals surface area contributed by atoms with Crippen LogP contribution in [-0.4, -0.2) is 19.6 Å². The molecule has 0 saturated heterocycles. The van der Waals surface area contributed by atoms with E-state index < -0.39 is 23.1 Å². The molecule has 192 valence electrons. The molecule has 2 aliphatic carbocycles. The molecule has 0 atom stereocenters. The minimum atomic E-state index is -6.45. The van der Waals surface area contributed by atoms with E-state index in [1.165, 1.54) is 11.1 Å². The van der Waals surface area contributed by atoms with Gasteiger partial charge in [-0.15, -0.1) is 0 Å². The first kappa shape index (κ1) is 26.8. The van der Waals surface area contributed by atoms with Crippen molar-refractivity contribution < 1.29 is 28.5 Å². The Labute approximate surface area is 213 Å². The van der Waals surface area contributed by atoms with E-state index in [1.807, 2.05) is 94.5 Å². The van der Waals surface area contributed by atoms with Gasteiger partial charge in [0.2, 0.25) is 0 Å². The normalized spacial score (nSPS) is 18.1. The molecule has 0 radical (unpaired) electrons. The topological polar surface area (TPSA) is 52.6 Å². The Bertz CT molecular complexity index is 1480. The number of benzene rings is 2. The number of hydrogen-bond acceptors (Lipinski definition) is 4. The molecule has 0 bridgehead atoms. The van der Waals surface area contributed by atoms with E-state index in [0.29, 0.717) is 12.8 Å². The summed E-state index contributed by atoms with van der Waals surface area (Å²) in [4.78, 5) is 27.9. The van der Waals surface area contributed by atoms with E-state index in [2.05, 4.69) is 18.2 Å². The Kier molecular flexibility index (Phi) is 5.22. The predicted octanol–water partition coefficient (Wildman–Crippen LogP) is 6.14. The van der Waals surface area contributed by atoms with Gasteiger partial charge < -0.3 is 0 Å². The first-order chi connectivity index (χ1) is 16.3. The van der Waals surface area contributed by atoms with Crippen LogP contribution in [0.3, 0.4) is 0 Å². The van der Waals surface area contributed by atoms with Crippen molar-refractivity contribution in [3.63, 3.8) is 0 Å². The van der Waals surface area contributed by atoms with Crippen LogP contribution < -0.4 is 3.87 Å². The van der Waals surface area contributed by atoms with Crippen molar-refractivity contribution in [1.29, 1.82) is 0 Å². The van der Waals surface area contributed by atoms with Gasteiger partial charge in [0, 0.05) is 0 Å². The van der Waals surface area contributed by atoms with E-state index in [1.54, 1.807) is 7.63 Å². The van der Waals surface area contributed by atoms with Crippen LogP contribution in [0.15, 0.2) is 64.6 Å². The first-order valence-corrected chi connectivity index (χ1v) is 22.8. The summed E-state index contributed by atoms with van der Waals surface area (Å²) in [5, 5.41) is 3.97. The molecule has 0 N–H and O–H groups in total. The predicted molar refractivity (Wildman–Crippen MR) is 148 cm³/mol. The fraction of sp³-hybridized carbons (Fsp3) is 0.400. The van der Waals surface area contributed by atoms with Gasteiger partial charge in [-0.05, 0) is 0 Å². The zero-order valence-corrected chi connectivity index (χ0v) is 26.0. The Hall–Kier alpha value is -2.21. The quantitative estimate of drug-likeness (QED) is 0.373. The number of fused-ring (bicyclic) bond motifs is 3. The van der Waals surface area contributed by atoms with E-state index >= 15 is 0 Å². The van der Waals surface area contributed by atoms with Gasteiger partial charge in [0.05, 0.1) is 0 Å². The molecule has 6 heteroatoms. The van der Waals surface area contributed by atoms with Crippen LogP contribution in [0.2, 0.25) is 10.5 Å². The van der Waals surface area contributed by atoms with Crippen molar-refractivity contribution in [1.82, 2.24) is 0 Å². The second kappa shape index (κ2) is 7.00. The third kappa shape index (κ3) is 3.74. The molecular formula is C30H40O4SiTi. The monoisotopic (exact) mass is 540 g/mol. The maximum atomic E-state index is 14.0. The zero-order chi connectivity index (χ0) is 26.9. The van der Waals surface area contributed by atoms with Gasteiger partial charge in [0.15, 0.2) is 0 Å². The second-order valence-corrected chi connectivity index (χ2v) is 41.5. The van der Waals surface area contributed by atoms with Gasteiger partial charge in [0.25, 0.3) is 0 Å². The molecule has 2 aliphatic rings. The zero-order valence-electron chi connectivity index (χ0n) is 23.0. The Morgan fingerprint density at radius 3 is 1.92 bits per heavy atom. The summed E-state index contributed by atoms with van der Waals surface area (Å²) in [6.07, 6.45) is 7.28. The van der Waals surface area contributed by atoms with Crippen molar-refractivity contribution >= 4 is 23.4 Å². The molecule has 0 heterocycles. The third-order valence-electron chi connectivity index (χ3n) is 8.25. The van der Waals surface area contributed by atoms with Crippen molar-refractivity contribution in [3.05, 3.63) is 75.7 Å². The van der Waals surface area contributed by atoms with Gasteiger partial charge in [-0.2, -0.15) is 0 Å². The van der Waals surface area contributed by atoms with E-state index in [-0.39, 0.29) is 11.9 Å². The van der Waals surface area contributed by atoms with E-state index in [0.717, 1.165) is 18.9 Å². The second-order valence-electron chi connectivity index (χ2n) is 14.6. The van der Waals surface area contributed by atoms with Crippen LogP contribution in [-0.2, 0) is 34.9 Å². The number of allylic oxidation sites excluding steroid dienone is 4. The molecule has 0 saturated carbocycles. The summed E-state index contributed by atoms with van der Waals surface area (Å²) >= 11 is -6.45. The molecule has 0 spiro atoms. The average molecular weight is 541 g/mol. The number of rotatable bonds is 4. The van der Waals surface area contributed by atoms with Crippen molar-refractivity contribution in [3.8, 4) is 11.1 Å². The van der Waals surface area contributed by atoms with Gasteiger partial charge >= 0.3 is 214 Å². The van der Waals surface area contributed by atoms with Gasteiger partial charge in [-0.3, -0.25) is 0 Å². The van der Waals surface area contributed by atoms with Crippen molar-refractivity contribution in [2.75, 3.05) is 0 Å². The van der Waals surface area contributed by atoms with Gasteiger partial charge in [0.1, 0.15) is 0 Å². The fourth-order valence-corrected chi connectivity index (χ4v) is 20.1. The molecule has 0 aliphatic heterocycles. The Morgan fingerprint density at radius 1 is 0.833 bits per heavy atom. The molecule has 4 nitrogen and oxygen atoms in total. The summed E-state index contributed by atoms with van der Waals surface area (Å²) in [6.45, 7) is 11.1. The van der Waals surface area contributed by atoms with Gasteiger partial charge in [-0.25, -0.2) is 0 Å². The van der Waals surface area contributed by atoms with Crippen LogP contribution in [0.25, 0.3) is 11.1 Å². The Balaban J connectivity index is 2.20. The van der Waals surface area contributed by atoms with Crippen LogP contribution in [0, 0.1) is 10.8 Å². The maximum absolute atomic E-state index is 14.0. The summed E-state index contributed by atoms with van der Waals surface area (Å²) in [5.74, 6) is -0.748. The van der Waals surface area contributed by atoms with Crippen LogP contribution >= 0.6 is 0 Å². The van der Waals surface area contributed by atoms with E-state index in [4.69, 9.17) is 6.64 Å². The van der Waals surface area contributed by atoms with Crippen LogP contribution in [0.4, 0.5) is 0 Å². The molecule has 0 fully saturated rings. The number of hydrogen-bond donors (Lipinski definition) is 0. The van der Waals surface area contributed by atoms with Crippen LogP contribution in [0.5, 0.6) is 0 Å². The molecule has 36 heavy (non-hydrogen) atoms. The number of carbonyl (C=O) groups excluding carboxylic acids is 2. The van der Waals surface area contributed by atoms with Gasteiger partial charge in [-0.1, -0.05) is 0 Å². The third-order valence-corrected chi connectivity index (χ3v) is 24.8.